The van der Waals surface area contributed by atoms with Crippen molar-refractivity contribution in [2.24, 2.45) is 0 Å². The second-order valence-corrected chi connectivity index (χ2v) is 5.64. The molecule has 0 aromatic carbocycles. The smallest absolute Gasteiger partial charge is 0.407 e. The molecule has 1 N–H and O–H groups in total. The molecule has 2 heterocycles. The zero-order valence-corrected chi connectivity index (χ0v) is 13.3. The largest absolute Gasteiger partial charge is 0.465 e. The van der Waals surface area contributed by atoms with Crippen LogP contribution in [0.1, 0.15) is 34.2 Å². The number of alkyl halides is 3. The van der Waals surface area contributed by atoms with Crippen LogP contribution in [0.25, 0.3) is 0 Å². The number of carboxylic acid groups (broad SMARTS) is 1. The molecule has 0 saturated carbocycles. The van der Waals surface area contributed by atoms with Gasteiger partial charge in [0.15, 0.2) is 5.78 Å². The van der Waals surface area contributed by atoms with E-state index >= 15 is 0 Å². The van der Waals surface area contributed by atoms with Gasteiger partial charge in [-0.1, -0.05) is 15.9 Å². The number of nitrogens with zero attached hydrogens (tertiary/aromatic N) is 3. The van der Waals surface area contributed by atoms with Crippen molar-refractivity contribution in [1.29, 1.82) is 0 Å². The highest BCUT2D eigenvalue weighted by atomic mass is 79.9. The standard InChI is InChI=1S/C13H14BrF2N3O3/c1-7-17-5-8(10(20)4-14)11(18-7)9-2-3-19(12(21)22)6-13(9,15)16/h5,9H,2-4,6H2,1H3,(H,21,22). The Hall–Kier alpha value is -1.64. The summed E-state index contributed by atoms with van der Waals surface area (Å²) in [6, 6.07) is 0. The van der Waals surface area contributed by atoms with Gasteiger partial charge in [0, 0.05) is 12.7 Å². The van der Waals surface area contributed by atoms with Crippen LogP contribution in [0.3, 0.4) is 0 Å². The van der Waals surface area contributed by atoms with Crippen molar-refractivity contribution in [1.82, 2.24) is 14.9 Å². The number of carbonyl (C=O) groups excluding carboxylic acids is 1. The Morgan fingerprint density at radius 2 is 2.23 bits per heavy atom. The van der Waals surface area contributed by atoms with Crippen LogP contribution in [0.5, 0.6) is 0 Å². The molecule has 0 radical (unpaired) electrons. The van der Waals surface area contributed by atoms with Gasteiger partial charge in [0.1, 0.15) is 5.82 Å². The van der Waals surface area contributed by atoms with Crippen LogP contribution >= 0.6 is 15.9 Å². The molecule has 1 amide bonds. The number of piperidine rings is 1. The maximum atomic E-state index is 14.4. The van der Waals surface area contributed by atoms with Crippen LogP contribution in [0.4, 0.5) is 13.6 Å². The molecule has 1 atom stereocenters. The predicted octanol–water partition coefficient (Wildman–Crippen LogP) is 2.47. The molecular formula is C13H14BrF2N3O3. The van der Waals surface area contributed by atoms with Crippen molar-refractivity contribution in [2.75, 3.05) is 18.4 Å². The summed E-state index contributed by atoms with van der Waals surface area (Å²) in [5.74, 6) is -4.69. The van der Waals surface area contributed by atoms with Crippen LogP contribution in [-0.2, 0) is 0 Å². The third kappa shape index (κ3) is 3.23. The third-order valence-corrected chi connectivity index (χ3v) is 4.07. The number of hydrogen-bond donors (Lipinski definition) is 1. The number of likely N-dealkylation sites (tertiary alicyclic amines) is 1. The highest BCUT2D eigenvalue weighted by molar-refractivity contribution is 9.09. The molecule has 1 fully saturated rings. The Labute approximate surface area is 133 Å². The van der Waals surface area contributed by atoms with Crippen molar-refractivity contribution < 1.29 is 23.5 Å². The lowest BCUT2D eigenvalue weighted by atomic mass is 9.87. The summed E-state index contributed by atoms with van der Waals surface area (Å²) in [5, 5.41) is 8.84. The first kappa shape index (κ1) is 16.7. The first-order chi connectivity index (χ1) is 10.3. The molecule has 1 unspecified atom stereocenters. The fourth-order valence-corrected chi connectivity index (χ4v) is 2.78. The molecule has 1 saturated heterocycles. The summed E-state index contributed by atoms with van der Waals surface area (Å²) in [6.07, 6.45) is -0.229. The van der Waals surface area contributed by atoms with Crippen molar-refractivity contribution in [3.05, 3.63) is 23.3 Å². The second-order valence-electron chi connectivity index (χ2n) is 5.08. The quantitative estimate of drug-likeness (QED) is 0.646. The first-order valence-corrected chi connectivity index (χ1v) is 7.67. The summed E-state index contributed by atoms with van der Waals surface area (Å²) >= 11 is 3.01. The summed E-state index contributed by atoms with van der Waals surface area (Å²) in [4.78, 5) is 31.4. The number of hydrogen-bond acceptors (Lipinski definition) is 4. The molecule has 120 valence electrons. The van der Waals surface area contributed by atoms with Crippen molar-refractivity contribution in [3.8, 4) is 0 Å². The van der Waals surface area contributed by atoms with Gasteiger partial charge < -0.3 is 10.0 Å². The molecule has 0 aliphatic carbocycles. The van der Waals surface area contributed by atoms with E-state index in [0.29, 0.717) is 4.90 Å². The fraction of sp³-hybridized carbons (Fsp3) is 0.538. The molecule has 1 aliphatic heterocycles. The van der Waals surface area contributed by atoms with Gasteiger partial charge in [0.2, 0.25) is 0 Å². The molecule has 1 aliphatic rings. The van der Waals surface area contributed by atoms with E-state index < -0.39 is 24.5 Å². The molecule has 1 aromatic rings. The minimum absolute atomic E-state index is 0.00742. The normalized spacial score (nSPS) is 20.7. The van der Waals surface area contributed by atoms with Crippen LogP contribution in [-0.4, -0.2) is 56.2 Å². The highest BCUT2D eigenvalue weighted by Gasteiger charge is 2.48. The van der Waals surface area contributed by atoms with Gasteiger partial charge in [-0.15, -0.1) is 0 Å². The molecule has 6 nitrogen and oxygen atoms in total. The molecule has 9 heteroatoms. The van der Waals surface area contributed by atoms with E-state index in [2.05, 4.69) is 25.9 Å². The van der Waals surface area contributed by atoms with Crippen LogP contribution in [0, 0.1) is 6.92 Å². The van der Waals surface area contributed by atoms with E-state index in [4.69, 9.17) is 5.11 Å². The Bertz CT molecular complexity index is 612. The second kappa shape index (κ2) is 6.23. The molecule has 0 bridgehead atoms. The van der Waals surface area contributed by atoms with Gasteiger partial charge in [-0.3, -0.25) is 4.79 Å². The lowest BCUT2D eigenvalue weighted by Gasteiger charge is -2.37. The fourth-order valence-electron chi connectivity index (χ4n) is 2.48. The molecule has 0 spiro atoms. The average molecular weight is 378 g/mol. The van der Waals surface area contributed by atoms with Gasteiger partial charge in [0.05, 0.1) is 29.1 Å². The number of aryl methyl sites for hydroxylation is 1. The summed E-state index contributed by atoms with van der Waals surface area (Å²) in [7, 11) is 0. The number of ketones is 1. The van der Waals surface area contributed by atoms with Crippen molar-refractivity contribution >= 4 is 27.8 Å². The van der Waals surface area contributed by atoms with E-state index in [1.54, 1.807) is 6.92 Å². The van der Waals surface area contributed by atoms with E-state index in [1.807, 2.05) is 0 Å². The Morgan fingerprint density at radius 3 is 2.77 bits per heavy atom. The minimum atomic E-state index is -3.29. The van der Waals surface area contributed by atoms with E-state index in [1.165, 1.54) is 6.20 Å². The number of aromatic nitrogens is 2. The van der Waals surface area contributed by atoms with Crippen molar-refractivity contribution in [2.45, 2.75) is 25.2 Å². The van der Waals surface area contributed by atoms with Gasteiger partial charge in [0.25, 0.3) is 5.92 Å². The first-order valence-electron chi connectivity index (χ1n) is 6.54. The van der Waals surface area contributed by atoms with E-state index in [-0.39, 0.29) is 41.2 Å². The monoisotopic (exact) mass is 377 g/mol. The number of Topliss-reactive ketones (excluding diaryl/α,β-unsaturated/α-hetero) is 1. The molecular weight excluding hydrogens is 364 g/mol. The number of carbonyl (C=O) groups is 2. The number of amides is 1. The maximum Gasteiger partial charge on any atom is 0.407 e. The van der Waals surface area contributed by atoms with Gasteiger partial charge in [-0.2, -0.15) is 0 Å². The van der Waals surface area contributed by atoms with Crippen molar-refractivity contribution in [3.63, 3.8) is 0 Å². The molecule has 2 rings (SSSR count). The lowest BCUT2D eigenvalue weighted by molar-refractivity contribution is -0.0773. The molecule has 1 aromatic heterocycles. The summed E-state index contributed by atoms with van der Waals surface area (Å²) in [6.45, 7) is 0.620. The maximum absolute atomic E-state index is 14.4. The highest BCUT2D eigenvalue weighted by Crippen LogP contribution is 2.40. The average Bonchev–Trinajstić information content (AvgIpc) is 2.45. The van der Waals surface area contributed by atoms with E-state index in [0.717, 1.165) is 0 Å². The van der Waals surface area contributed by atoms with Crippen LogP contribution < -0.4 is 0 Å². The van der Waals surface area contributed by atoms with E-state index in [9.17, 15) is 18.4 Å². The van der Waals surface area contributed by atoms with Gasteiger partial charge >= 0.3 is 6.09 Å². The zero-order valence-electron chi connectivity index (χ0n) is 11.7. The zero-order chi connectivity index (χ0) is 16.5. The van der Waals surface area contributed by atoms with Gasteiger partial charge in [-0.05, 0) is 13.3 Å². The summed E-state index contributed by atoms with van der Waals surface area (Å²) < 4.78 is 28.7. The Balaban J connectivity index is 2.41. The third-order valence-electron chi connectivity index (χ3n) is 3.56. The van der Waals surface area contributed by atoms with Gasteiger partial charge in [-0.25, -0.2) is 23.5 Å². The topological polar surface area (TPSA) is 83.4 Å². The SMILES string of the molecule is Cc1ncc(C(=O)CBr)c(C2CCN(C(=O)O)CC2(F)F)n1. The molecule has 22 heavy (non-hydrogen) atoms. The number of halogens is 3. The number of rotatable bonds is 3. The van der Waals surface area contributed by atoms with Crippen LogP contribution in [0.15, 0.2) is 6.20 Å². The summed E-state index contributed by atoms with van der Waals surface area (Å²) in [5.41, 5.74) is 0.0444. The Kier molecular flexibility index (Phi) is 4.74. The Morgan fingerprint density at radius 1 is 1.55 bits per heavy atom. The minimum Gasteiger partial charge on any atom is -0.465 e. The predicted molar refractivity (Wildman–Crippen MR) is 76.8 cm³/mol. The van der Waals surface area contributed by atoms with Crippen LogP contribution in [0.2, 0.25) is 0 Å². The lowest BCUT2D eigenvalue weighted by Crippen LogP contribution is -2.49.